The maximum absolute atomic E-state index is 12.6. The highest BCUT2D eigenvalue weighted by atomic mass is 16.5. The second kappa shape index (κ2) is 7.98. The molecular formula is C19H23N3O3. The van der Waals surface area contributed by atoms with E-state index in [4.69, 9.17) is 4.74 Å². The van der Waals surface area contributed by atoms with Crippen LogP contribution in [-0.4, -0.2) is 66.1 Å². The molecule has 132 valence electrons. The molecule has 0 bridgehead atoms. The Balaban J connectivity index is 1.56. The summed E-state index contributed by atoms with van der Waals surface area (Å²) in [4.78, 5) is 28.2. The highest BCUT2D eigenvalue weighted by Gasteiger charge is 2.24. The van der Waals surface area contributed by atoms with Crippen LogP contribution in [0, 0.1) is 0 Å². The van der Waals surface area contributed by atoms with E-state index in [0.29, 0.717) is 44.8 Å². The van der Waals surface area contributed by atoms with Gasteiger partial charge in [0, 0.05) is 56.9 Å². The Hall–Kier alpha value is -2.60. The highest BCUT2D eigenvalue weighted by Crippen LogP contribution is 2.13. The van der Waals surface area contributed by atoms with E-state index < -0.39 is 0 Å². The molecule has 0 aliphatic carbocycles. The molecule has 2 amide bonds. The summed E-state index contributed by atoms with van der Waals surface area (Å²) < 4.78 is 6.94. The SMILES string of the molecule is COCCC(=O)N1CCN(C(=O)c2ccc(-n3cccc3)cc2)CC1. The van der Waals surface area contributed by atoms with Gasteiger partial charge in [-0.05, 0) is 36.4 Å². The van der Waals surface area contributed by atoms with Gasteiger partial charge in [-0.3, -0.25) is 9.59 Å². The van der Waals surface area contributed by atoms with E-state index in [-0.39, 0.29) is 11.8 Å². The van der Waals surface area contributed by atoms with E-state index in [1.165, 1.54) is 0 Å². The molecule has 6 nitrogen and oxygen atoms in total. The van der Waals surface area contributed by atoms with Crippen molar-refractivity contribution in [1.82, 2.24) is 14.4 Å². The van der Waals surface area contributed by atoms with Crippen molar-refractivity contribution < 1.29 is 14.3 Å². The topological polar surface area (TPSA) is 54.8 Å². The molecule has 1 aromatic heterocycles. The predicted octanol–water partition coefficient (Wildman–Crippen LogP) is 1.80. The van der Waals surface area contributed by atoms with Gasteiger partial charge in [-0.1, -0.05) is 0 Å². The van der Waals surface area contributed by atoms with Crippen molar-refractivity contribution in [2.75, 3.05) is 39.9 Å². The molecule has 6 heteroatoms. The highest BCUT2D eigenvalue weighted by molar-refractivity contribution is 5.94. The molecule has 1 saturated heterocycles. The van der Waals surface area contributed by atoms with Gasteiger partial charge in [0.25, 0.3) is 5.91 Å². The molecule has 1 aliphatic heterocycles. The fourth-order valence-electron chi connectivity index (χ4n) is 2.97. The summed E-state index contributed by atoms with van der Waals surface area (Å²) in [5, 5.41) is 0. The first-order valence-electron chi connectivity index (χ1n) is 8.48. The predicted molar refractivity (Wildman–Crippen MR) is 94.7 cm³/mol. The summed E-state index contributed by atoms with van der Waals surface area (Å²) in [6.07, 6.45) is 4.33. The van der Waals surface area contributed by atoms with Crippen LogP contribution in [0.5, 0.6) is 0 Å². The van der Waals surface area contributed by atoms with Gasteiger partial charge < -0.3 is 19.1 Å². The molecule has 1 aliphatic rings. The number of rotatable bonds is 5. The Morgan fingerprint density at radius 3 is 2.16 bits per heavy atom. The molecule has 0 atom stereocenters. The summed E-state index contributed by atoms with van der Waals surface area (Å²) in [7, 11) is 1.59. The lowest BCUT2D eigenvalue weighted by Gasteiger charge is -2.34. The monoisotopic (exact) mass is 341 g/mol. The van der Waals surface area contributed by atoms with E-state index in [1.807, 2.05) is 58.3 Å². The van der Waals surface area contributed by atoms with E-state index in [9.17, 15) is 9.59 Å². The minimum absolute atomic E-state index is 0.0167. The smallest absolute Gasteiger partial charge is 0.253 e. The van der Waals surface area contributed by atoms with Crippen molar-refractivity contribution in [3.63, 3.8) is 0 Å². The molecule has 0 unspecified atom stereocenters. The summed E-state index contributed by atoms with van der Waals surface area (Å²) in [6, 6.07) is 11.5. The fourth-order valence-corrected chi connectivity index (χ4v) is 2.97. The quantitative estimate of drug-likeness (QED) is 0.833. The maximum atomic E-state index is 12.6. The van der Waals surface area contributed by atoms with Crippen LogP contribution in [-0.2, 0) is 9.53 Å². The molecule has 1 fully saturated rings. The fraction of sp³-hybridized carbons (Fsp3) is 0.368. The van der Waals surface area contributed by atoms with Crippen LogP contribution in [0.2, 0.25) is 0 Å². The van der Waals surface area contributed by atoms with Gasteiger partial charge in [-0.2, -0.15) is 0 Å². The van der Waals surface area contributed by atoms with Crippen LogP contribution >= 0.6 is 0 Å². The number of aromatic nitrogens is 1. The zero-order valence-electron chi connectivity index (χ0n) is 14.4. The van der Waals surface area contributed by atoms with Gasteiger partial charge >= 0.3 is 0 Å². The van der Waals surface area contributed by atoms with E-state index in [1.54, 1.807) is 12.0 Å². The lowest BCUT2D eigenvalue weighted by molar-refractivity contribution is -0.133. The van der Waals surface area contributed by atoms with Crippen LogP contribution in [0.15, 0.2) is 48.8 Å². The van der Waals surface area contributed by atoms with Gasteiger partial charge in [0.2, 0.25) is 5.91 Å². The number of carbonyl (C=O) groups excluding carboxylic acids is 2. The number of carbonyl (C=O) groups is 2. The third-order valence-corrected chi connectivity index (χ3v) is 4.46. The van der Waals surface area contributed by atoms with Crippen molar-refractivity contribution >= 4 is 11.8 Å². The number of benzene rings is 1. The molecule has 3 rings (SSSR count). The Labute approximate surface area is 147 Å². The van der Waals surface area contributed by atoms with Crippen LogP contribution in [0.1, 0.15) is 16.8 Å². The second-order valence-corrected chi connectivity index (χ2v) is 6.05. The summed E-state index contributed by atoms with van der Waals surface area (Å²) in [6.45, 7) is 2.73. The largest absolute Gasteiger partial charge is 0.384 e. The second-order valence-electron chi connectivity index (χ2n) is 6.05. The Morgan fingerprint density at radius 2 is 1.56 bits per heavy atom. The number of hydrogen-bond donors (Lipinski definition) is 0. The maximum Gasteiger partial charge on any atom is 0.253 e. The number of nitrogens with zero attached hydrogens (tertiary/aromatic N) is 3. The summed E-state index contributed by atoms with van der Waals surface area (Å²) >= 11 is 0. The van der Waals surface area contributed by atoms with Gasteiger partial charge in [-0.15, -0.1) is 0 Å². The lowest BCUT2D eigenvalue weighted by atomic mass is 10.1. The number of piperazine rings is 1. The van der Waals surface area contributed by atoms with Crippen molar-refractivity contribution in [3.05, 3.63) is 54.4 Å². The molecule has 0 N–H and O–H groups in total. The first-order chi connectivity index (χ1) is 12.2. The molecule has 25 heavy (non-hydrogen) atoms. The van der Waals surface area contributed by atoms with Gasteiger partial charge in [0.05, 0.1) is 13.0 Å². The first kappa shape index (κ1) is 17.2. The van der Waals surface area contributed by atoms with Crippen molar-refractivity contribution in [1.29, 1.82) is 0 Å². The van der Waals surface area contributed by atoms with Gasteiger partial charge in [0.15, 0.2) is 0 Å². The van der Waals surface area contributed by atoms with Gasteiger partial charge in [0.1, 0.15) is 0 Å². The average molecular weight is 341 g/mol. The third-order valence-electron chi connectivity index (χ3n) is 4.46. The minimum atomic E-state index is 0.0167. The Kier molecular flexibility index (Phi) is 5.50. The Morgan fingerprint density at radius 1 is 0.960 bits per heavy atom. The number of hydrogen-bond acceptors (Lipinski definition) is 3. The Bertz CT molecular complexity index is 702. The van der Waals surface area contributed by atoms with E-state index >= 15 is 0 Å². The van der Waals surface area contributed by atoms with E-state index in [0.717, 1.165) is 5.69 Å². The molecule has 0 saturated carbocycles. The summed E-state index contributed by atoms with van der Waals surface area (Å²) in [5.74, 6) is 0.105. The first-order valence-corrected chi connectivity index (χ1v) is 8.48. The molecule has 1 aromatic carbocycles. The van der Waals surface area contributed by atoms with Crippen LogP contribution in [0.3, 0.4) is 0 Å². The van der Waals surface area contributed by atoms with Gasteiger partial charge in [-0.25, -0.2) is 0 Å². The third kappa shape index (κ3) is 4.09. The van der Waals surface area contributed by atoms with Crippen LogP contribution < -0.4 is 0 Å². The number of methoxy groups -OCH3 is 1. The molecule has 2 heterocycles. The van der Waals surface area contributed by atoms with Crippen LogP contribution in [0.4, 0.5) is 0 Å². The lowest BCUT2D eigenvalue weighted by Crippen LogP contribution is -2.50. The average Bonchev–Trinajstić information content (AvgIpc) is 3.20. The molecule has 0 spiro atoms. The standard InChI is InChI=1S/C19H23N3O3/c1-25-15-8-18(23)21-11-13-22(14-12-21)19(24)16-4-6-17(7-5-16)20-9-2-3-10-20/h2-7,9-10H,8,11-15H2,1H3. The normalized spacial score (nSPS) is 14.6. The van der Waals surface area contributed by atoms with Crippen LogP contribution in [0.25, 0.3) is 5.69 Å². The zero-order valence-corrected chi connectivity index (χ0v) is 14.4. The number of amides is 2. The van der Waals surface area contributed by atoms with Crippen molar-refractivity contribution in [3.8, 4) is 5.69 Å². The zero-order chi connectivity index (χ0) is 17.6. The molecular weight excluding hydrogens is 318 g/mol. The molecule has 0 radical (unpaired) electrons. The molecule has 2 aromatic rings. The van der Waals surface area contributed by atoms with Crippen molar-refractivity contribution in [2.45, 2.75) is 6.42 Å². The van der Waals surface area contributed by atoms with Crippen molar-refractivity contribution in [2.24, 2.45) is 0 Å². The number of ether oxygens (including phenoxy) is 1. The summed E-state index contributed by atoms with van der Waals surface area (Å²) in [5.41, 5.74) is 1.70. The van der Waals surface area contributed by atoms with E-state index in [2.05, 4.69) is 0 Å². The minimum Gasteiger partial charge on any atom is -0.384 e.